The van der Waals surface area contributed by atoms with E-state index < -0.39 is 11.7 Å². The number of nitrogens with zero attached hydrogens (tertiary/aromatic N) is 1. The SMILES string of the molecule is CC1CN(c2ccc(N)c(C(F)(F)F)c2)CCS1. The van der Waals surface area contributed by atoms with Gasteiger partial charge in [0.15, 0.2) is 0 Å². The topological polar surface area (TPSA) is 29.3 Å². The minimum absolute atomic E-state index is 0.217. The van der Waals surface area contributed by atoms with Crippen LogP contribution in [0.25, 0.3) is 0 Å². The van der Waals surface area contributed by atoms with Crippen LogP contribution in [0.4, 0.5) is 24.5 Å². The molecule has 1 unspecified atom stereocenters. The molecule has 1 aromatic rings. The quantitative estimate of drug-likeness (QED) is 0.799. The van der Waals surface area contributed by atoms with Crippen LogP contribution in [0.15, 0.2) is 18.2 Å². The van der Waals surface area contributed by atoms with Gasteiger partial charge in [0.25, 0.3) is 0 Å². The highest BCUT2D eigenvalue weighted by molar-refractivity contribution is 8.00. The second-order valence-corrected chi connectivity index (χ2v) is 5.94. The highest BCUT2D eigenvalue weighted by atomic mass is 32.2. The Bertz CT molecular complexity index is 434. The molecule has 0 amide bonds. The number of nitrogen functional groups attached to an aromatic ring is 1. The molecule has 0 aromatic heterocycles. The largest absolute Gasteiger partial charge is 0.418 e. The average molecular weight is 276 g/mol. The van der Waals surface area contributed by atoms with Crippen molar-refractivity contribution in [3.8, 4) is 0 Å². The molecule has 1 fully saturated rings. The van der Waals surface area contributed by atoms with Crippen molar-refractivity contribution in [2.45, 2.75) is 18.3 Å². The minimum Gasteiger partial charge on any atom is -0.398 e. The number of anilines is 2. The predicted octanol–water partition coefficient (Wildman–Crippen LogP) is 3.23. The van der Waals surface area contributed by atoms with Crippen LogP contribution >= 0.6 is 11.8 Å². The fraction of sp³-hybridized carbons (Fsp3) is 0.500. The van der Waals surface area contributed by atoms with Crippen LogP contribution in [0.2, 0.25) is 0 Å². The summed E-state index contributed by atoms with van der Waals surface area (Å²) in [6, 6.07) is 4.15. The molecule has 0 aliphatic carbocycles. The lowest BCUT2D eigenvalue weighted by molar-refractivity contribution is -0.136. The molecule has 1 aliphatic heterocycles. The Morgan fingerprint density at radius 2 is 2.11 bits per heavy atom. The molecule has 6 heteroatoms. The third-order valence-corrected chi connectivity index (χ3v) is 4.08. The molecule has 0 bridgehead atoms. The molecule has 2 N–H and O–H groups in total. The van der Waals surface area contributed by atoms with E-state index in [1.54, 1.807) is 6.07 Å². The summed E-state index contributed by atoms with van der Waals surface area (Å²) in [5.41, 5.74) is 5.03. The van der Waals surface area contributed by atoms with E-state index in [-0.39, 0.29) is 5.69 Å². The Labute approximate surface area is 108 Å². The smallest absolute Gasteiger partial charge is 0.398 e. The van der Waals surface area contributed by atoms with Crippen LogP contribution in [-0.4, -0.2) is 24.1 Å². The molecule has 0 spiro atoms. The van der Waals surface area contributed by atoms with Gasteiger partial charge in [-0.05, 0) is 18.2 Å². The van der Waals surface area contributed by atoms with E-state index in [9.17, 15) is 13.2 Å². The molecule has 1 aromatic carbocycles. The summed E-state index contributed by atoms with van der Waals surface area (Å²) in [4.78, 5) is 1.98. The zero-order valence-electron chi connectivity index (χ0n) is 10.00. The van der Waals surface area contributed by atoms with Gasteiger partial charge in [-0.2, -0.15) is 24.9 Å². The third kappa shape index (κ3) is 2.85. The number of rotatable bonds is 1. The van der Waals surface area contributed by atoms with E-state index in [4.69, 9.17) is 5.73 Å². The maximum Gasteiger partial charge on any atom is 0.418 e. The lowest BCUT2D eigenvalue weighted by atomic mass is 10.1. The molecular weight excluding hydrogens is 261 g/mol. The number of alkyl halides is 3. The molecule has 2 rings (SSSR count). The number of benzene rings is 1. The van der Waals surface area contributed by atoms with Gasteiger partial charge in [-0.1, -0.05) is 6.92 Å². The summed E-state index contributed by atoms with van der Waals surface area (Å²) in [5, 5.41) is 0.436. The standard InChI is InChI=1S/C12H15F3N2S/c1-8-7-17(4-5-18-8)9-2-3-11(16)10(6-9)12(13,14)15/h2-3,6,8H,4-5,7,16H2,1H3. The highest BCUT2D eigenvalue weighted by Gasteiger charge is 2.33. The maximum absolute atomic E-state index is 12.8. The van der Waals surface area contributed by atoms with Gasteiger partial charge in [0.05, 0.1) is 5.56 Å². The van der Waals surface area contributed by atoms with Crippen molar-refractivity contribution in [1.29, 1.82) is 0 Å². The van der Waals surface area contributed by atoms with Crippen molar-refractivity contribution in [3.05, 3.63) is 23.8 Å². The first-order chi connectivity index (χ1) is 8.38. The molecule has 2 nitrogen and oxygen atoms in total. The van der Waals surface area contributed by atoms with Crippen molar-refractivity contribution in [3.63, 3.8) is 0 Å². The number of hydrogen-bond donors (Lipinski definition) is 1. The van der Waals surface area contributed by atoms with Gasteiger partial charge < -0.3 is 10.6 Å². The minimum atomic E-state index is -4.39. The van der Waals surface area contributed by atoms with Crippen LogP contribution in [0.5, 0.6) is 0 Å². The van der Waals surface area contributed by atoms with Crippen LogP contribution in [0.3, 0.4) is 0 Å². The highest BCUT2D eigenvalue weighted by Crippen LogP contribution is 2.36. The fourth-order valence-electron chi connectivity index (χ4n) is 2.04. The van der Waals surface area contributed by atoms with Crippen molar-refractivity contribution in [2.24, 2.45) is 0 Å². The van der Waals surface area contributed by atoms with Gasteiger partial charge in [0.2, 0.25) is 0 Å². The van der Waals surface area contributed by atoms with Gasteiger partial charge >= 0.3 is 6.18 Å². The first kappa shape index (κ1) is 13.4. The maximum atomic E-state index is 12.8. The van der Waals surface area contributed by atoms with E-state index in [1.807, 2.05) is 16.7 Å². The summed E-state index contributed by atoms with van der Waals surface area (Å²) in [7, 11) is 0. The lowest BCUT2D eigenvalue weighted by Gasteiger charge is -2.33. The van der Waals surface area contributed by atoms with Crippen molar-refractivity contribution >= 4 is 23.1 Å². The number of hydrogen-bond acceptors (Lipinski definition) is 3. The van der Waals surface area contributed by atoms with Gasteiger partial charge in [0, 0.05) is 35.5 Å². The van der Waals surface area contributed by atoms with Gasteiger partial charge in [-0.25, -0.2) is 0 Å². The first-order valence-corrected chi connectivity index (χ1v) is 6.76. The molecule has 1 heterocycles. The molecule has 1 aliphatic rings. The van der Waals surface area contributed by atoms with Crippen LogP contribution in [0, 0.1) is 0 Å². The number of thioether (sulfide) groups is 1. The zero-order chi connectivity index (χ0) is 13.3. The third-order valence-electron chi connectivity index (χ3n) is 2.95. The summed E-state index contributed by atoms with van der Waals surface area (Å²) in [6.45, 7) is 3.63. The van der Waals surface area contributed by atoms with Crippen LogP contribution in [-0.2, 0) is 6.18 Å². The molecule has 0 radical (unpaired) electrons. The fourth-order valence-corrected chi connectivity index (χ4v) is 3.05. The molecule has 100 valence electrons. The van der Waals surface area contributed by atoms with E-state index in [0.717, 1.165) is 24.9 Å². The zero-order valence-corrected chi connectivity index (χ0v) is 10.8. The first-order valence-electron chi connectivity index (χ1n) is 5.71. The molecule has 1 atom stereocenters. The Morgan fingerprint density at radius 3 is 2.72 bits per heavy atom. The summed E-state index contributed by atoms with van der Waals surface area (Å²) >= 11 is 1.84. The summed E-state index contributed by atoms with van der Waals surface area (Å²) in [5.74, 6) is 0.937. The Hall–Kier alpha value is -1.04. The Morgan fingerprint density at radius 1 is 1.39 bits per heavy atom. The van der Waals surface area contributed by atoms with E-state index in [1.165, 1.54) is 6.07 Å². The summed E-state index contributed by atoms with van der Waals surface area (Å²) in [6.07, 6.45) is -4.39. The van der Waals surface area contributed by atoms with Crippen molar-refractivity contribution in [2.75, 3.05) is 29.5 Å². The van der Waals surface area contributed by atoms with Crippen LogP contribution < -0.4 is 10.6 Å². The Balaban J connectivity index is 2.29. The average Bonchev–Trinajstić information content (AvgIpc) is 2.28. The van der Waals surface area contributed by atoms with Gasteiger partial charge in [0.1, 0.15) is 0 Å². The van der Waals surface area contributed by atoms with Gasteiger partial charge in [-0.15, -0.1) is 0 Å². The second kappa shape index (κ2) is 4.91. The second-order valence-electron chi connectivity index (χ2n) is 4.40. The molecule has 0 saturated carbocycles. The van der Waals surface area contributed by atoms with Crippen LogP contribution in [0.1, 0.15) is 12.5 Å². The lowest BCUT2D eigenvalue weighted by Crippen LogP contribution is -2.36. The van der Waals surface area contributed by atoms with E-state index >= 15 is 0 Å². The van der Waals surface area contributed by atoms with E-state index in [2.05, 4.69) is 6.92 Å². The molecule has 1 saturated heterocycles. The Kier molecular flexibility index (Phi) is 3.66. The number of halogens is 3. The van der Waals surface area contributed by atoms with E-state index in [0.29, 0.717) is 10.9 Å². The van der Waals surface area contributed by atoms with Crippen molar-refractivity contribution in [1.82, 2.24) is 0 Å². The number of nitrogens with two attached hydrogens (primary N) is 1. The van der Waals surface area contributed by atoms with Crippen molar-refractivity contribution < 1.29 is 13.2 Å². The normalized spacial score (nSPS) is 21.1. The van der Waals surface area contributed by atoms with Gasteiger partial charge in [-0.3, -0.25) is 0 Å². The summed E-state index contributed by atoms with van der Waals surface area (Å²) < 4.78 is 38.3. The predicted molar refractivity (Wildman–Crippen MR) is 70.0 cm³/mol. The molecular formula is C12H15F3N2S. The molecule has 18 heavy (non-hydrogen) atoms. The monoisotopic (exact) mass is 276 g/mol.